The maximum Gasteiger partial charge on any atom is 0.151 e. The molecule has 0 amide bonds. The molecular weight excluding hydrogens is 138 g/mol. The molecule has 0 spiro atoms. The Labute approximate surface area is 65.6 Å². The first-order chi connectivity index (χ1) is 5.24. The Kier molecular flexibility index (Phi) is 2.16. The summed E-state index contributed by atoms with van der Waals surface area (Å²) in [6.45, 7) is 5.63. The molecule has 56 valence electrons. The Morgan fingerprint density at radius 2 is 2.36 bits per heavy atom. The van der Waals surface area contributed by atoms with Crippen LogP contribution in [0.4, 0.5) is 0 Å². The smallest absolute Gasteiger partial charge is 0.151 e. The van der Waals surface area contributed by atoms with Crippen LogP contribution in [0.15, 0.2) is 25.0 Å². The molecule has 1 heterocycles. The Hall–Kier alpha value is -1.44. The third-order valence-corrected chi connectivity index (χ3v) is 1.39. The number of aldehydes is 1. The van der Waals surface area contributed by atoms with Gasteiger partial charge in [0, 0.05) is 18.0 Å². The number of nitrogens with zero attached hydrogens (tertiary/aromatic N) is 1. The molecule has 1 aromatic rings. The summed E-state index contributed by atoms with van der Waals surface area (Å²) in [6, 6.07) is 1.77. The molecule has 0 saturated carbocycles. The van der Waals surface area contributed by atoms with E-state index < -0.39 is 0 Å². The van der Waals surface area contributed by atoms with Gasteiger partial charge in [-0.3, -0.25) is 9.78 Å². The molecule has 0 radical (unpaired) electrons. The summed E-state index contributed by atoms with van der Waals surface area (Å²) in [5.41, 5.74) is 2.42. The lowest BCUT2D eigenvalue weighted by atomic mass is 10.1. The van der Waals surface area contributed by atoms with Gasteiger partial charge in [-0.25, -0.2) is 0 Å². The van der Waals surface area contributed by atoms with E-state index in [0.717, 1.165) is 17.4 Å². The molecule has 0 atom stereocenters. The highest BCUT2D eigenvalue weighted by Gasteiger charge is 1.94. The molecule has 0 aliphatic heterocycles. The molecule has 0 N–H and O–H groups in total. The second-order valence-electron chi connectivity index (χ2n) is 2.41. The van der Waals surface area contributed by atoms with Crippen LogP contribution in [0.3, 0.4) is 0 Å². The summed E-state index contributed by atoms with van der Waals surface area (Å²) in [7, 11) is 0. The van der Waals surface area contributed by atoms with Crippen LogP contribution in [-0.4, -0.2) is 11.3 Å². The lowest BCUT2D eigenvalue weighted by Gasteiger charge is -1.97. The number of allylic oxidation sites excluding steroid dienone is 1. The predicted molar refractivity (Wildman–Crippen MR) is 44.3 cm³/mol. The first kappa shape index (κ1) is 7.66. The van der Waals surface area contributed by atoms with Crippen molar-refractivity contribution in [1.82, 2.24) is 4.98 Å². The Bertz CT molecular complexity index is 291. The fourth-order valence-corrected chi connectivity index (χ4v) is 0.756. The summed E-state index contributed by atoms with van der Waals surface area (Å²) >= 11 is 0. The Morgan fingerprint density at radius 3 is 2.91 bits per heavy atom. The summed E-state index contributed by atoms with van der Waals surface area (Å²) in [6.07, 6.45) is 3.99. The van der Waals surface area contributed by atoms with E-state index in [4.69, 9.17) is 0 Å². The maximum absolute atomic E-state index is 10.3. The van der Waals surface area contributed by atoms with E-state index in [1.807, 2.05) is 6.92 Å². The number of aromatic nitrogens is 1. The van der Waals surface area contributed by atoms with Gasteiger partial charge in [-0.2, -0.15) is 0 Å². The average Bonchev–Trinajstić information content (AvgIpc) is 2.05. The van der Waals surface area contributed by atoms with E-state index in [-0.39, 0.29) is 0 Å². The molecular formula is C9H9NO. The van der Waals surface area contributed by atoms with Crippen LogP contribution >= 0.6 is 0 Å². The van der Waals surface area contributed by atoms with Gasteiger partial charge in [0.15, 0.2) is 6.29 Å². The molecule has 0 aliphatic rings. The van der Waals surface area contributed by atoms with Crippen molar-refractivity contribution in [2.75, 3.05) is 0 Å². The predicted octanol–water partition coefficient (Wildman–Crippen LogP) is 1.93. The molecule has 0 aliphatic carbocycles. The van der Waals surface area contributed by atoms with E-state index in [1.165, 1.54) is 6.20 Å². The molecule has 1 rings (SSSR count). The molecule has 0 bridgehead atoms. The van der Waals surface area contributed by atoms with E-state index in [1.54, 1.807) is 12.3 Å². The lowest BCUT2D eigenvalue weighted by molar-refractivity contribution is 0.112. The normalized spacial score (nSPS) is 9.18. The molecule has 1 aromatic heterocycles. The highest BCUT2D eigenvalue weighted by Crippen LogP contribution is 2.09. The quantitative estimate of drug-likeness (QED) is 0.598. The standard InChI is InChI=1S/C9H9NO/c1-7(2)9-3-8(6-11)4-10-5-9/h3-6H,1H2,2H3. The molecule has 0 fully saturated rings. The third kappa shape index (κ3) is 1.74. The number of pyridine rings is 1. The summed E-state index contributed by atoms with van der Waals surface area (Å²) in [5, 5.41) is 0. The molecule has 2 nitrogen and oxygen atoms in total. The van der Waals surface area contributed by atoms with Gasteiger partial charge < -0.3 is 0 Å². The van der Waals surface area contributed by atoms with Crippen molar-refractivity contribution in [3.8, 4) is 0 Å². The van der Waals surface area contributed by atoms with Gasteiger partial charge in [-0.1, -0.05) is 6.58 Å². The number of carbonyl (C=O) groups excluding carboxylic acids is 1. The van der Waals surface area contributed by atoms with E-state index >= 15 is 0 Å². The van der Waals surface area contributed by atoms with Gasteiger partial charge in [0.05, 0.1) is 0 Å². The van der Waals surface area contributed by atoms with Crippen LogP contribution in [0.2, 0.25) is 0 Å². The third-order valence-electron chi connectivity index (χ3n) is 1.39. The van der Waals surface area contributed by atoms with Crippen molar-refractivity contribution in [2.24, 2.45) is 0 Å². The summed E-state index contributed by atoms with van der Waals surface area (Å²) in [5.74, 6) is 0. The van der Waals surface area contributed by atoms with Gasteiger partial charge in [-0.05, 0) is 24.1 Å². The topological polar surface area (TPSA) is 30.0 Å². The van der Waals surface area contributed by atoms with Crippen LogP contribution in [0.25, 0.3) is 5.57 Å². The number of hydrogen-bond acceptors (Lipinski definition) is 2. The summed E-state index contributed by atoms with van der Waals surface area (Å²) in [4.78, 5) is 14.2. The zero-order valence-corrected chi connectivity index (χ0v) is 6.37. The fraction of sp³-hybridized carbons (Fsp3) is 0.111. The largest absolute Gasteiger partial charge is 0.298 e. The van der Waals surface area contributed by atoms with Crippen molar-refractivity contribution in [1.29, 1.82) is 0 Å². The number of hydrogen-bond donors (Lipinski definition) is 0. The molecule has 2 heteroatoms. The molecule has 0 saturated heterocycles. The minimum absolute atomic E-state index is 0.588. The molecule has 0 unspecified atom stereocenters. The van der Waals surface area contributed by atoms with Crippen LogP contribution in [-0.2, 0) is 0 Å². The van der Waals surface area contributed by atoms with E-state index in [0.29, 0.717) is 5.56 Å². The van der Waals surface area contributed by atoms with Gasteiger partial charge in [0.1, 0.15) is 0 Å². The van der Waals surface area contributed by atoms with Crippen molar-refractivity contribution >= 4 is 11.9 Å². The van der Waals surface area contributed by atoms with Crippen LogP contribution in [0.1, 0.15) is 22.8 Å². The van der Waals surface area contributed by atoms with Crippen LogP contribution in [0, 0.1) is 0 Å². The minimum Gasteiger partial charge on any atom is -0.298 e. The highest BCUT2D eigenvalue weighted by molar-refractivity contribution is 5.76. The number of rotatable bonds is 2. The zero-order valence-electron chi connectivity index (χ0n) is 6.37. The van der Waals surface area contributed by atoms with Crippen LogP contribution < -0.4 is 0 Å². The second kappa shape index (κ2) is 3.10. The highest BCUT2D eigenvalue weighted by atomic mass is 16.1. The number of carbonyl (C=O) groups is 1. The fourth-order valence-electron chi connectivity index (χ4n) is 0.756. The van der Waals surface area contributed by atoms with Crippen molar-refractivity contribution in [3.63, 3.8) is 0 Å². The van der Waals surface area contributed by atoms with Gasteiger partial charge in [-0.15, -0.1) is 0 Å². The summed E-state index contributed by atoms with van der Waals surface area (Å²) < 4.78 is 0. The van der Waals surface area contributed by atoms with Crippen LogP contribution in [0.5, 0.6) is 0 Å². The van der Waals surface area contributed by atoms with Gasteiger partial charge >= 0.3 is 0 Å². The maximum atomic E-state index is 10.3. The average molecular weight is 147 g/mol. The van der Waals surface area contributed by atoms with E-state index in [2.05, 4.69) is 11.6 Å². The molecule has 11 heavy (non-hydrogen) atoms. The molecule has 0 aromatic carbocycles. The zero-order chi connectivity index (χ0) is 8.27. The van der Waals surface area contributed by atoms with Gasteiger partial charge in [0.25, 0.3) is 0 Å². The minimum atomic E-state index is 0.588. The van der Waals surface area contributed by atoms with E-state index in [9.17, 15) is 4.79 Å². The second-order valence-corrected chi connectivity index (χ2v) is 2.41. The first-order valence-electron chi connectivity index (χ1n) is 3.30. The van der Waals surface area contributed by atoms with Crippen molar-refractivity contribution in [3.05, 3.63) is 36.2 Å². The van der Waals surface area contributed by atoms with Gasteiger partial charge in [0.2, 0.25) is 0 Å². The Morgan fingerprint density at radius 1 is 1.64 bits per heavy atom. The first-order valence-corrected chi connectivity index (χ1v) is 3.30. The monoisotopic (exact) mass is 147 g/mol. The van der Waals surface area contributed by atoms with Crippen molar-refractivity contribution < 1.29 is 4.79 Å². The Balaban J connectivity index is 3.10. The lowest BCUT2D eigenvalue weighted by Crippen LogP contribution is -1.85. The van der Waals surface area contributed by atoms with Crippen molar-refractivity contribution in [2.45, 2.75) is 6.92 Å². The SMILES string of the molecule is C=C(C)c1cncc(C=O)c1.